The van der Waals surface area contributed by atoms with Gasteiger partial charge >= 0.3 is 6.18 Å². The van der Waals surface area contributed by atoms with Crippen LogP contribution >= 0.6 is 11.6 Å². The molecule has 0 spiro atoms. The SMILES string of the molecule is O=C(/C=C(\c1ccccc1)C(F)(F)F)Nc1ccc(=O)n(Cc2ccccc2Cl)c1. The summed E-state index contributed by atoms with van der Waals surface area (Å²) in [6.07, 6.45) is -2.85. The lowest BCUT2D eigenvalue weighted by Gasteiger charge is -2.13. The van der Waals surface area contributed by atoms with Gasteiger partial charge in [-0.15, -0.1) is 0 Å². The van der Waals surface area contributed by atoms with E-state index in [2.05, 4.69) is 5.32 Å². The van der Waals surface area contributed by atoms with Gasteiger partial charge in [0.2, 0.25) is 5.91 Å². The van der Waals surface area contributed by atoms with Crippen molar-refractivity contribution in [3.8, 4) is 0 Å². The summed E-state index contributed by atoms with van der Waals surface area (Å²) in [5, 5.41) is 2.85. The highest BCUT2D eigenvalue weighted by atomic mass is 35.5. The summed E-state index contributed by atoms with van der Waals surface area (Å²) in [6, 6.07) is 16.5. The van der Waals surface area contributed by atoms with Crippen molar-refractivity contribution in [1.82, 2.24) is 4.57 Å². The molecule has 30 heavy (non-hydrogen) atoms. The van der Waals surface area contributed by atoms with Gasteiger partial charge in [-0.1, -0.05) is 60.1 Å². The van der Waals surface area contributed by atoms with Gasteiger partial charge in [-0.3, -0.25) is 9.59 Å². The van der Waals surface area contributed by atoms with Crippen molar-refractivity contribution < 1.29 is 18.0 Å². The molecule has 0 aliphatic rings. The molecule has 154 valence electrons. The van der Waals surface area contributed by atoms with Gasteiger partial charge in [-0.05, 0) is 23.3 Å². The monoisotopic (exact) mass is 432 g/mol. The van der Waals surface area contributed by atoms with Crippen LogP contribution in [-0.4, -0.2) is 16.7 Å². The second-order valence-electron chi connectivity index (χ2n) is 6.39. The van der Waals surface area contributed by atoms with Gasteiger partial charge in [-0.2, -0.15) is 13.2 Å². The molecule has 2 aromatic carbocycles. The molecule has 0 bridgehead atoms. The van der Waals surface area contributed by atoms with Crippen LogP contribution in [0.15, 0.2) is 83.8 Å². The van der Waals surface area contributed by atoms with Gasteiger partial charge in [0, 0.05) is 23.4 Å². The largest absolute Gasteiger partial charge is 0.417 e. The number of anilines is 1. The maximum absolute atomic E-state index is 13.4. The Kier molecular flexibility index (Phi) is 6.42. The molecular weight excluding hydrogens is 417 g/mol. The fourth-order valence-corrected chi connectivity index (χ4v) is 2.99. The fraction of sp³-hybridized carbons (Fsp3) is 0.0909. The number of rotatable bonds is 5. The number of carbonyl (C=O) groups excluding carboxylic acids is 1. The number of hydrogen-bond donors (Lipinski definition) is 1. The first-order valence-corrected chi connectivity index (χ1v) is 9.21. The average Bonchev–Trinajstić information content (AvgIpc) is 2.70. The molecule has 0 saturated heterocycles. The lowest BCUT2D eigenvalue weighted by Crippen LogP contribution is -2.21. The highest BCUT2D eigenvalue weighted by Gasteiger charge is 2.35. The summed E-state index contributed by atoms with van der Waals surface area (Å²) in [6.45, 7) is 0.149. The number of allylic oxidation sites excluding steroid dienone is 1. The molecule has 1 aromatic heterocycles. The fourth-order valence-electron chi connectivity index (χ4n) is 2.79. The molecule has 0 unspecified atom stereocenters. The summed E-state index contributed by atoms with van der Waals surface area (Å²) in [5.74, 6) is -0.964. The highest BCUT2D eigenvalue weighted by Crippen LogP contribution is 2.33. The number of aromatic nitrogens is 1. The number of nitrogens with zero attached hydrogens (tertiary/aromatic N) is 1. The molecule has 8 heteroatoms. The Balaban J connectivity index is 1.85. The van der Waals surface area contributed by atoms with Crippen LogP contribution in [0.3, 0.4) is 0 Å². The number of nitrogens with one attached hydrogen (secondary N) is 1. The van der Waals surface area contributed by atoms with Gasteiger partial charge in [0.15, 0.2) is 0 Å². The van der Waals surface area contributed by atoms with Crippen LogP contribution in [0.2, 0.25) is 5.02 Å². The van der Waals surface area contributed by atoms with E-state index in [0.717, 1.165) is 0 Å². The Bertz CT molecular complexity index is 1140. The van der Waals surface area contributed by atoms with Crippen molar-refractivity contribution >= 4 is 28.8 Å². The number of alkyl halides is 3. The molecule has 4 nitrogen and oxygen atoms in total. The van der Waals surface area contributed by atoms with E-state index in [1.807, 2.05) is 0 Å². The summed E-state index contributed by atoms with van der Waals surface area (Å²) in [7, 11) is 0. The summed E-state index contributed by atoms with van der Waals surface area (Å²) in [4.78, 5) is 24.4. The average molecular weight is 433 g/mol. The van der Waals surface area contributed by atoms with Crippen LogP contribution in [0, 0.1) is 0 Å². The summed E-state index contributed by atoms with van der Waals surface area (Å²) in [5.41, 5.74) is -0.664. The Hall–Kier alpha value is -3.32. The Morgan fingerprint density at radius 3 is 2.33 bits per heavy atom. The van der Waals surface area contributed by atoms with Gasteiger partial charge in [-0.25, -0.2) is 0 Å². The van der Waals surface area contributed by atoms with Gasteiger partial charge in [0.25, 0.3) is 5.56 Å². The van der Waals surface area contributed by atoms with Gasteiger partial charge in [0.1, 0.15) is 0 Å². The number of pyridine rings is 1. The summed E-state index contributed by atoms with van der Waals surface area (Å²) < 4.78 is 41.5. The maximum atomic E-state index is 13.4. The molecule has 0 fully saturated rings. The number of halogens is 4. The summed E-state index contributed by atoms with van der Waals surface area (Å²) >= 11 is 6.11. The van der Waals surface area contributed by atoms with Crippen LogP contribution in [0.1, 0.15) is 11.1 Å². The van der Waals surface area contributed by atoms with E-state index in [-0.39, 0.29) is 23.4 Å². The topological polar surface area (TPSA) is 51.1 Å². The minimum Gasteiger partial charge on any atom is -0.321 e. The number of hydrogen-bond acceptors (Lipinski definition) is 2. The molecule has 3 rings (SSSR count). The molecule has 0 saturated carbocycles. The predicted octanol–water partition coefficient (Wildman–Crippen LogP) is 5.13. The van der Waals surface area contributed by atoms with Gasteiger partial charge in [0.05, 0.1) is 17.8 Å². The van der Waals surface area contributed by atoms with Crippen LogP contribution in [0.4, 0.5) is 18.9 Å². The van der Waals surface area contributed by atoms with Crippen molar-refractivity contribution in [3.63, 3.8) is 0 Å². The van der Waals surface area contributed by atoms with E-state index in [1.165, 1.54) is 47.2 Å². The van der Waals surface area contributed by atoms with Crippen LogP contribution in [-0.2, 0) is 11.3 Å². The van der Waals surface area contributed by atoms with Gasteiger partial charge < -0.3 is 9.88 Å². The molecule has 0 aliphatic heterocycles. The van der Waals surface area contributed by atoms with Crippen molar-refractivity contribution in [3.05, 3.63) is 106 Å². The van der Waals surface area contributed by atoms with Crippen molar-refractivity contribution in [1.29, 1.82) is 0 Å². The quantitative estimate of drug-likeness (QED) is 0.568. The van der Waals surface area contributed by atoms with Crippen molar-refractivity contribution in [2.24, 2.45) is 0 Å². The van der Waals surface area contributed by atoms with E-state index in [4.69, 9.17) is 11.6 Å². The highest BCUT2D eigenvalue weighted by molar-refractivity contribution is 6.31. The maximum Gasteiger partial charge on any atom is 0.417 e. The molecule has 3 aromatic rings. The number of carbonyl (C=O) groups is 1. The zero-order valence-electron chi connectivity index (χ0n) is 15.5. The normalized spacial score (nSPS) is 11.9. The third-order valence-electron chi connectivity index (χ3n) is 4.22. The first-order chi connectivity index (χ1) is 14.2. The first-order valence-electron chi connectivity index (χ1n) is 8.83. The zero-order valence-corrected chi connectivity index (χ0v) is 16.2. The van der Waals surface area contributed by atoms with Crippen molar-refractivity contribution in [2.75, 3.05) is 5.32 Å². The molecule has 0 aliphatic carbocycles. The molecule has 0 radical (unpaired) electrons. The molecule has 1 amide bonds. The zero-order chi connectivity index (χ0) is 21.7. The first kappa shape index (κ1) is 21.4. The smallest absolute Gasteiger partial charge is 0.321 e. The Morgan fingerprint density at radius 1 is 1.00 bits per heavy atom. The number of amides is 1. The van der Waals surface area contributed by atoms with E-state index in [9.17, 15) is 22.8 Å². The van der Waals surface area contributed by atoms with Crippen LogP contribution in [0.25, 0.3) is 5.57 Å². The minimum absolute atomic E-state index is 0.121. The standard InChI is InChI=1S/C22H16ClF3N2O2/c23-19-9-5-4-8-16(19)13-28-14-17(10-11-21(28)30)27-20(29)12-18(22(24,25)26)15-6-2-1-3-7-15/h1-12,14H,13H2,(H,27,29)/b18-12+. The minimum atomic E-state index is -4.71. The van der Waals surface area contributed by atoms with Crippen LogP contribution in [0.5, 0.6) is 0 Å². The molecule has 1 N–H and O–H groups in total. The Labute approximate surface area is 175 Å². The predicted molar refractivity (Wildman–Crippen MR) is 110 cm³/mol. The third kappa shape index (κ3) is 5.39. The third-order valence-corrected chi connectivity index (χ3v) is 4.58. The van der Waals surface area contributed by atoms with E-state index in [1.54, 1.807) is 30.3 Å². The number of benzene rings is 2. The molecule has 0 atom stereocenters. The van der Waals surface area contributed by atoms with E-state index < -0.39 is 17.7 Å². The molecule has 1 heterocycles. The molecular formula is C22H16ClF3N2O2. The lowest BCUT2D eigenvalue weighted by molar-refractivity contribution is -0.112. The second kappa shape index (κ2) is 9.00. The van der Waals surface area contributed by atoms with Crippen LogP contribution < -0.4 is 10.9 Å². The second-order valence-corrected chi connectivity index (χ2v) is 6.79. The van der Waals surface area contributed by atoms with E-state index >= 15 is 0 Å². The van der Waals surface area contributed by atoms with Crippen molar-refractivity contribution in [2.45, 2.75) is 12.7 Å². The van der Waals surface area contributed by atoms with E-state index in [0.29, 0.717) is 16.7 Å². The lowest BCUT2D eigenvalue weighted by atomic mass is 10.1. The Morgan fingerprint density at radius 2 is 1.67 bits per heavy atom.